The lowest BCUT2D eigenvalue weighted by atomic mass is 10.1. The number of anilines is 1. The van der Waals surface area contributed by atoms with E-state index in [1.165, 1.54) is 12.1 Å². The fraction of sp³-hybridized carbons (Fsp3) is 0.500. The first-order valence-corrected chi connectivity index (χ1v) is 8.42. The molecule has 0 bridgehead atoms. The first kappa shape index (κ1) is 19.0. The topological polar surface area (TPSA) is 102 Å². The van der Waals surface area contributed by atoms with Crippen LogP contribution in [0, 0.1) is 16.0 Å². The summed E-state index contributed by atoms with van der Waals surface area (Å²) in [6, 6.07) is 4.22. The van der Waals surface area contributed by atoms with Gasteiger partial charge < -0.3 is 15.0 Å². The Hall–Kier alpha value is -2.35. The molecule has 1 fully saturated rings. The lowest BCUT2D eigenvalue weighted by Crippen LogP contribution is -2.29. The van der Waals surface area contributed by atoms with Crippen molar-refractivity contribution in [1.29, 1.82) is 0 Å². The van der Waals surface area contributed by atoms with Crippen LogP contribution >= 0.6 is 11.6 Å². The summed E-state index contributed by atoms with van der Waals surface area (Å²) in [4.78, 5) is 35.4. The molecule has 1 atom stereocenters. The van der Waals surface area contributed by atoms with Gasteiger partial charge in [-0.3, -0.25) is 19.7 Å². The molecule has 0 aliphatic carbocycles. The van der Waals surface area contributed by atoms with Gasteiger partial charge in [-0.25, -0.2) is 0 Å². The highest BCUT2D eigenvalue weighted by Gasteiger charge is 2.34. The normalized spacial score (nSPS) is 16.8. The molecule has 0 unspecified atom stereocenters. The van der Waals surface area contributed by atoms with Crippen molar-refractivity contribution >= 4 is 34.9 Å². The lowest BCUT2D eigenvalue weighted by molar-refractivity contribution is -0.384. The average molecular weight is 370 g/mol. The number of benzene rings is 1. The summed E-state index contributed by atoms with van der Waals surface area (Å²) in [6.07, 6.45) is 0.856. The summed E-state index contributed by atoms with van der Waals surface area (Å²) >= 11 is 6.00. The second-order valence-corrected chi connectivity index (χ2v) is 6.10. The number of amides is 1. The van der Waals surface area contributed by atoms with Crippen molar-refractivity contribution in [2.45, 2.75) is 19.8 Å². The molecule has 136 valence electrons. The predicted molar refractivity (Wildman–Crippen MR) is 92.5 cm³/mol. The monoisotopic (exact) mass is 369 g/mol. The third kappa shape index (κ3) is 5.06. The quantitative estimate of drug-likeness (QED) is 0.327. The van der Waals surface area contributed by atoms with Gasteiger partial charge in [0, 0.05) is 38.2 Å². The maximum Gasteiger partial charge on any atom is 0.311 e. The Bertz CT molecular complexity index is 667. The molecular weight excluding hydrogens is 350 g/mol. The summed E-state index contributed by atoms with van der Waals surface area (Å²) in [6.45, 7) is 3.50. The number of nitrogens with zero attached hydrogens (tertiary/aromatic N) is 2. The van der Waals surface area contributed by atoms with Crippen LogP contribution in [0.4, 0.5) is 11.4 Å². The van der Waals surface area contributed by atoms with Crippen LogP contribution in [0.2, 0.25) is 5.02 Å². The van der Waals surface area contributed by atoms with Gasteiger partial charge in [0.15, 0.2) is 0 Å². The number of nitro benzene ring substituents is 1. The SMILES string of the molecule is CCOC(=O)[C@H]1CC(=O)N(CCCNc2ccc([N+](=O)[O-])cc2Cl)C1. The molecule has 1 aliphatic rings. The molecule has 0 saturated carbocycles. The molecule has 1 saturated heterocycles. The Balaban J connectivity index is 1.77. The molecule has 1 N–H and O–H groups in total. The number of carbonyl (C=O) groups excluding carboxylic acids is 2. The molecule has 1 aromatic carbocycles. The van der Waals surface area contributed by atoms with Crippen LogP contribution < -0.4 is 5.32 Å². The van der Waals surface area contributed by atoms with Gasteiger partial charge in [-0.15, -0.1) is 0 Å². The van der Waals surface area contributed by atoms with Crippen molar-refractivity contribution in [2.75, 3.05) is 31.6 Å². The highest BCUT2D eigenvalue weighted by Crippen LogP contribution is 2.26. The number of hydrogen-bond donors (Lipinski definition) is 1. The van der Waals surface area contributed by atoms with E-state index in [1.807, 2.05) is 0 Å². The highest BCUT2D eigenvalue weighted by molar-refractivity contribution is 6.33. The van der Waals surface area contributed by atoms with Crippen molar-refractivity contribution in [3.05, 3.63) is 33.3 Å². The number of likely N-dealkylation sites (tertiary alicyclic amines) is 1. The number of rotatable bonds is 8. The van der Waals surface area contributed by atoms with E-state index < -0.39 is 4.92 Å². The second-order valence-electron chi connectivity index (χ2n) is 5.69. The first-order chi connectivity index (χ1) is 11.9. The van der Waals surface area contributed by atoms with Gasteiger partial charge in [0.1, 0.15) is 0 Å². The number of ether oxygens (including phenoxy) is 1. The fourth-order valence-corrected chi connectivity index (χ4v) is 2.90. The summed E-state index contributed by atoms with van der Waals surface area (Å²) in [5.74, 6) is -0.759. The molecule has 25 heavy (non-hydrogen) atoms. The zero-order valence-electron chi connectivity index (χ0n) is 13.9. The van der Waals surface area contributed by atoms with E-state index in [0.717, 1.165) is 0 Å². The van der Waals surface area contributed by atoms with Crippen LogP contribution in [0.1, 0.15) is 19.8 Å². The maximum absolute atomic E-state index is 11.9. The fourth-order valence-electron chi connectivity index (χ4n) is 2.66. The Morgan fingerprint density at radius 1 is 1.52 bits per heavy atom. The molecule has 9 heteroatoms. The largest absolute Gasteiger partial charge is 0.466 e. The van der Waals surface area contributed by atoms with Crippen LogP contribution in [0.5, 0.6) is 0 Å². The first-order valence-electron chi connectivity index (χ1n) is 8.04. The minimum absolute atomic E-state index is 0.0496. The highest BCUT2D eigenvalue weighted by atomic mass is 35.5. The van der Waals surface area contributed by atoms with E-state index in [-0.39, 0.29) is 34.9 Å². The zero-order valence-corrected chi connectivity index (χ0v) is 14.6. The molecule has 0 radical (unpaired) electrons. The van der Waals surface area contributed by atoms with Crippen molar-refractivity contribution in [3.63, 3.8) is 0 Å². The Morgan fingerprint density at radius 3 is 2.92 bits per heavy atom. The van der Waals surface area contributed by atoms with Gasteiger partial charge in [0.2, 0.25) is 5.91 Å². The van der Waals surface area contributed by atoms with E-state index in [0.29, 0.717) is 38.3 Å². The maximum atomic E-state index is 11.9. The van der Waals surface area contributed by atoms with Gasteiger partial charge in [-0.05, 0) is 19.4 Å². The van der Waals surface area contributed by atoms with Gasteiger partial charge in [0.25, 0.3) is 5.69 Å². The predicted octanol–water partition coefficient (Wildman–Crippen LogP) is 2.46. The number of nitro groups is 1. The zero-order chi connectivity index (χ0) is 18.4. The van der Waals surface area contributed by atoms with Crippen molar-refractivity contribution < 1.29 is 19.2 Å². The van der Waals surface area contributed by atoms with Gasteiger partial charge in [0.05, 0.1) is 28.2 Å². The Kier molecular flexibility index (Phi) is 6.58. The van der Waals surface area contributed by atoms with Crippen molar-refractivity contribution in [3.8, 4) is 0 Å². The van der Waals surface area contributed by atoms with E-state index in [9.17, 15) is 19.7 Å². The number of esters is 1. The molecule has 1 aliphatic heterocycles. The Morgan fingerprint density at radius 2 is 2.28 bits per heavy atom. The summed E-state index contributed by atoms with van der Waals surface area (Å²) in [7, 11) is 0. The van der Waals surface area contributed by atoms with E-state index in [4.69, 9.17) is 16.3 Å². The van der Waals surface area contributed by atoms with Gasteiger partial charge in [-0.2, -0.15) is 0 Å². The summed E-state index contributed by atoms with van der Waals surface area (Å²) < 4.78 is 4.95. The van der Waals surface area contributed by atoms with Crippen molar-refractivity contribution in [2.24, 2.45) is 5.92 Å². The molecule has 0 aromatic heterocycles. The standard InChI is InChI=1S/C16H20ClN3O5/c1-2-25-16(22)11-8-15(21)19(10-11)7-3-6-18-14-5-4-12(20(23)24)9-13(14)17/h4-5,9,11,18H,2-3,6-8,10H2,1H3/t11-/m0/s1. The Labute approximate surface area is 150 Å². The third-order valence-corrected chi connectivity index (χ3v) is 4.23. The van der Waals surface area contributed by atoms with Crippen LogP contribution in [0.15, 0.2) is 18.2 Å². The number of carbonyl (C=O) groups is 2. The van der Waals surface area contributed by atoms with Crippen molar-refractivity contribution in [1.82, 2.24) is 4.90 Å². The molecule has 1 heterocycles. The lowest BCUT2D eigenvalue weighted by Gasteiger charge is -2.17. The number of nitrogens with one attached hydrogen (secondary N) is 1. The molecule has 0 spiro atoms. The number of halogens is 1. The summed E-state index contributed by atoms with van der Waals surface area (Å²) in [5, 5.41) is 14.0. The molecule has 1 aromatic rings. The van der Waals surface area contributed by atoms with Crippen LogP contribution in [0.3, 0.4) is 0 Å². The smallest absolute Gasteiger partial charge is 0.311 e. The minimum atomic E-state index is -0.505. The number of non-ortho nitro benzene ring substituents is 1. The van der Waals surface area contributed by atoms with Crippen LogP contribution in [0.25, 0.3) is 0 Å². The van der Waals surface area contributed by atoms with Gasteiger partial charge >= 0.3 is 5.97 Å². The molecule has 2 rings (SSSR count). The molecular formula is C16H20ClN3O5. The average Bonchev–Trinajstić information content (AvgIpc) is 2.94. The van der Waals surface area contributed by atoms with Crippen LogP contribution in [-0.4, -0.2) is 47.9 Å². The van der Waals surface area contributed by atoms with E-state index in [2.05, 4.69) is 5.32 Å². The van der Waals surface area contributed by atoms with E-state index >= 15 is 0 Å². The van der Waals surface area contributed by atoms with Gasteiger partial charge in [-0.1, -0.05) is 11.6 Å². The van der Waals surface area contributed by atoms with E-state index in [1.54, 1.807) is 17.9 Å². The van der Waals surface area contributed by atoms with Crippen LogP contribution in [-0.2, 0) is 14.3 Å². The number of hydrogen-bond acceptors (Lipinski definition) is 6. The third-order valence-electron chi connectivity index (χ3n) is 3.92. The minimum Gasteiger partial charge on any atom is -0.466 e. The summed E-state index contributed by atoms with van der Waals surface area (Å²) in [5.41, 5.74) is 0.535. The second kappa shape index (κ2) is 8.66. The molecule has 8 nitrogen and oxygen atoms in total. The molecule has 1 amide bonds.